The zero-order valence-corrected chi connectivity index (χ0v) is 13.4. The topological polar surface area (TPSA) is 63.8 Å². The van der Waals surface area contributed by atoms with Crippen LogP contribution in [0.1, 0.15) is 5.56 Å². The van der Waals surface area contributed by atoms with Crippen LogP contribution in [-0.2, 0) is 6.54 Å². The van der Waals surface area contributed by atoms with Gasteiger partial charge in [0.15, 0.2) is 0 Å². The van der Waals surface area contributed by atoms with Crippen LogP contribution in [0.3, 0.4) is 0 Å². The molecule has 2 aromatic carbocycles. The molecule has 2 heterocycles. The summed E-state index contributed by atoms with van der Waals surface area (Å²) in [5, 5.41) is 20.0. The van der Waals surface area contributed by atoms with Crippen molar-refractivity contribution in [2.75, 3.05) is 0 Å². The van der Waals surface area contributed by atoms with Crippen LogP contribution in [0.2, 0.25) is 5.02 Å². The molecule has 0 atom stereocenters. The standard InChI is InChI=1S/C18H13ClN4O/c19-13-5-3-12(4-6-13)10-23-11-16(21-22-23)14-7-8-17(24)18-15(14)2-1-9-20-18/h1-9,11,24H,10H2. The number of benzene rings is 2. The largest absolute Gasteiger partial charge is 0.506 e. The third kappa shape index (κ3) is 2.70. The molecule has 1 N–H and O–H groups in total. The molecule has 118 valence electrons. The van der Waals surface area contributed by atoms with Crippen molar-refractivity contribution in [1.82, 2.24) is 20.0 Å². The quantitative estimate of drug-likeness (QED) is 0.616. The number of phenolic OH excluding ortho intramolecular Hbond substituents is 1. The van der Waals surface area contributed by atoms with E-state index in [0.717, 1.165) is 22.2 Å². The number of halogens is 1. The van der Waals surface area contributed by atoms with Gasteiger partial charge in [0.2, 0.25) is 0 Å². The second-order valence-electron chi connectivity index (χ2n) is 5.46. The Morgan fingerprint density at radius 2 is 1.88 bits per heavy atom. The van der Waals surface area contributed by atoms with Gasteiger partial charge in [-0.3, -0.25) is 4.98 Å². The fourth-order valence-electron chi connectivity index (χ4n) is 2.66. The Morgan fingerprint density at radius 3 is 2.71 bits per heavy atom. The Labute approximate surface area is 143 Å². The maximum Gasteiger partial charge on any atom is 0.141 e. The number of pyridine rings is 1. The number of aromatic hydroxyl groups is 1. The van der Waals surface area contributed by atoms with Gasteiger partial charge in [-0.15, -0.1) is 5.10 Å². The monoisotopic (exact) mass is 336 g/mol. The molecule has 5 nitrogen and oxygen atoms in total. The average molecular weight is 337 g/mol. The van der Waals surface area contributed by atoms with Gasteiger partial charge in [-0.2, -0.15) is 0 Å². The highest BCUT2D eigenvalue weighted by Gasteiger charge is 2.11. The number of hydrogen-bond donors (Lipinski definition) is 1. The first-order chi connectivity index (χ1) is 11.7. The van der Waals surface area contributed by atoms with Crippen LogP contribution < -0.4 is 0 Å². The molecule has 24 heavy (non-hydrogen) atoms. The molecule has 0 fully saturated rings. The van der Waals surface area contributed by atoms with Gasteiger partial charge >= 0.3 is 0 Å². The highest BCUT2D eigenvalue weighted by Crippen LogP contribution is 2.31. The molecule has 0 saturated heterocycles. The number of hydrogen-bond acceptors (Lipinski definition) is 4. The molecule has 0 bridgehead atoms. The van der Waals surface area contributed by atoms with Gasteiger partial charge in [-0.1, -0.05) is 35.0 Å². The summed E-state index contributed by atoms with van der Waals surface area (Å²) in [7, 11) is 0. The van der Waals surface area contributed by atoms with Gasteiger partial charge in [0.1, 0.15) is 17.0 Å². The molecule has 2 aromatic heterocycles. The first-order valence-corrected chi connectivity index (χ1v) is 7.80. The zero-order valence-electron chi connectivity index (χ0n) is 12.6. The van der Waals surface area contributed by atoms with Gasteiger partial charge in [-0.25, -0.2) is 4.68 Å². The lowest BCUT2D eigenvalue weighted by Crippen LogP contribution is -1.99. The van der Waals surface area contributed by atoms with E-state index < -0.39 is 0 Å². The molecule has 4 aromatic rings. The van der Waals surface area contributed by atoms with Crippen LogP contribution in [0.5, 0.6) is 5.75 Å². The van der Waals surface area contributed by atoms with Crippen LogP contribution in [0.15, 0.2) is 60.9 Å². The molecule has 0 aliphatic rings. The predicted molar refractivity (Wildman–Crippen MR) is 93.0 cm³/mol. The van der Waals surface area contributed by atoms with Crippen molar-refractivity contribution >= 4 is 22.5 Å². The lowest BCUT2D eigenvalue weighted by molar-refractivity contribution is 0.480. The number of aromatic nitrogens is 4. The highest BCUT2D eigenvalue weighted by atomic mass is 35.5. The minimum absolute atomic E-state index is 0.155. The molecule has 6 heteroatoms. The Balaban J connectivity index is 1.70. The molecule has 0 radical (unpaired) electrons. The van der Waals surface area contributed by atoms with Gasteiger partial charge < -0.3 is 5.11 Å². The molecule has 0 saturated carbocycles. The maximum absolute atomic E-state index is 9.95. The van der Waals surface area contributed by atoms with Crippen LogP contribution in [0.25, 0.3) is 22.2 Å². The summed E-state index contributed by atoms with van der Waals surface area (Å²) in [6.45, 7) is 0.610. The average Bonchev–Trinajstić information content (AvgIpc) is 3.06. The highest BCUT2D eigenvalue weighted by molar-refractivity contribution is 6.30. The van der Waals surface area contributed by atoms with Gasteiger partial charge in [-0.05, 0) is 35.9 Å². The predicted octanol–water partition coefficient (Wildman–Crippen LogP) is 3.90. The minimum atomic E-state index is 0.155. The minimum Gasteiger partial charge on any atom is -0.506 e. The molecule has 0 unspecified atom stereocenters. The second kappa shape index (κ2) is 5.94. The van der Waals surface area contributed by atoms with E-state index in [-0.39, 0.29) is 5.75 Å². The van der Waals surface area contributed by atoms with Crippen molar-refractivity contribution in [3.63, 3.8) is 0 Å². The van der Waals surface area contributed by atoms with Crippen LogP contribution in [0, 0.1) is 0 Å². The van der Waals surface area contributed by atoms with Crippen molar-refractivity contribution in [2.45, 2.75) is 6.54 Å². The van der Waals surface area contributed by atoms with E-state index in [1.54, 1.807) is 16.9 Å². The van der Waals surface area contributed by atoms with Gasteiger partial charge in [0.25, 0.3) is 0 Å². The number of fused-ring (bicyclic) bond motifs is 1. The van der Waals surface area contributed by atoms with E-state index in [0.29, 0.717) is 17.1 Å². The lowest BCUT2D eigenvalue weighted by atomic mass is 10.1. The third-order valence-electron chi connectivity index (χ3n) is 3.82. The first-order valence-electron chi connectivity index (χ1n) is 7.42. The SMILES string of the molecule is Oc1ccc(-c2cn(Cc3ccc(Cl)cc3)nn2)c2cccnc12. The van der Waals surface area contributed by atoms with Crippen LogP contribution in [0.4, 0.5) is 0 Å². The smallest absolute Gasteiger partial charge is 0.141 e. The summed E-state index contributed by atoms with van der Waals surface area (Å²) in [5.41, 5.74) is 3.27. The molecular formula is C18H13ClN4O. The van der Waals surface area contributed by atoms with Crippen molar-refractivity contribution in [2.24, 2.45) is 0 Å². The summed E-state index contributed by atoms with van der Waals surface area (Å²) in [6, 6.07) is 14.8. The van der Waals surface area contributed by atoms with Crippen LogP contribution >= 0.6 is 11.6 Å². The fraction of sp³-hybridized carbons (Fsp3) is 0.0556. The van der Waals surface area contributed by atoms with E-state index in [9.17, 15) is 5.11 Å². The summed E-state index contributed by atoms with van der Waals surface area (Å²) in [4.78, 5) is 4.23. The van der Waals surface area contributed by atoms with E-state index >= 15 is 0 Å². The van der Waals surface area contributed by atoms with Crippen molar-refractivity contribution in [3.05, 3.63) is 71.5 Å². The Hall–Kier alpha value is -2.92. The lowest BCUT2D eigenvalue weighted by Gasteiger charge is -2.04. The molecule has 0 amide bonds. The Kier molecular flexibility index (Phi) is 3.63. The van der Waals surface area contributed by atoms with E-state index in [2.05, 4.69) is 15.3 Å². The van der Waals surface area contributed by atoms with Crippen molar-refractivity contribution < 1.29 is 5.11 Å². The Bertz CT molecular complexity index is 1010. The number of rotatable bonds is 3. The molecule has 4 rings (SSSR count). The number of phenols is 1. The first kappa shape index (κ1) is 14.7. The van der Waals surface area contributed by atoms with E-state index in [1.807, 2.05) is 48.7 Å². The second-order valence-corrected chi connectivity index (χ2v) is 5.90. The van der Waals surface area contributed by atoms with E-state index in [4.69, 9.17) is 11.6 Å². The maximum atomic E-state index is 9.95. The summed E-state index contributed by atoms with van der Waals surface area (Å²) in [5.74, 6) is 0.155. The summed E-state index contributed by atoms with van der Waals surface area (Å²) < 4.78 is 1.77. The van der Waals surface area contributed by atoms with Crippen molar-refractivity contribution in [1.29, 1.82) is 0 Å². The molecule has 0 aliphatic carbocycles. The van der Waals surface area contributed by atoms with Gasteiger partial charge in [0, 0.05) is 22.2 Å². The summed E-state index contributed by atoms with van der Waals surface area (Å²) in [6.07, 6.45) is 3.54. The number of nitrogens with zero attached hydrogens (tertiary/aromatic N) is 4. The van der Waals surface area contributed by atoms with Gasteiger partial charge in [0.05, 0.1) is 12.7 Å². The molecule has 0 spiro atoms. The van der Waals surface area contributed by atoms with Crippen molar-refractivity contribution in [3.8, 4) is 17.0 Å². The van der Waals surface area contributed by atoms with Crippen LogP contribution in [-0.4, -0.2) is 25.1 Å². The molecular weight excluding hydrogens is 324 g/mol. The third-order valence-corrected chi connectivity index (χ3v) is 4.07. The fourth-order valence-corrected chi connectivity index (χ4v) is 2.78. The molecule has 0 aliphatic heterocycles. The van der Waals surface area contributed by atoms with E-state index in [1.165, 1.54) is 0 Å². The zero-order chi connectivity index (χ0) is 16.5. The summed E-state index contributed by atoms with van der Waals surface area (Å²) >= 11 is 5.91. The normalized spacial score (nSPS) is 11.0. The Morgan fingerprint density at radius 1 is 1.04 bits per heavy atom.